The van der Waals surface area contributed by atoms with Crippen molar-refractivity contribution in [3.63, 3.8) is 0 Å². The zero-order valence-corrected chi connectivity index (χ0v) is 9.49. The molecule has 2 aromatic carbocycles. The van der Waals surface area contributed by atoms with Gasteiger partial charge in [0.25, 0.3) is 0 Å². The van der Waals surface area contributed by atoms with Gasteiger partial charge in [0.15, 0.2) is 5.75 Å². The van der Waals surface area contributed by atoms with Crippen LogP contribution in [0.25, 0.3) is 10.8 Å². The lowest BCUT2D eigenvalue weighted by atomic mass is 10.1. The summed E-state index contributed by atoms with van der Waals surface area (Å²) in [5, 5.41) is 1.86. The third kappa shape index (κ3) is 2.50. The van der Waals surface area contributed by atoms with Gasteiger partial charge in [-0.25, -0.2) is 8.42 Å². The zero-order valence-electron chi connectivity index (χ0n) is 8.67. The van der Waals surface area contributed by atoms with Crippen molar-refractivity contribution in [1.82, 2.24) is 4.89 Å². The van der Waals surface area contributed by atoms with Gasteiger partial charge < -0.3 is 4.84 Å². The highest BCUT2D eigenvalue weighted by atomic mass is 32.2. The maximum atomic E-state index is 10.9. The minimum absolute atomic E-state index is 0.489. The average Bonchev–Trinajstić information content (AvgIpc) is 2.25. The summed E-state index contributed by atoms with van der Waals surface area (Å²) in [5.41, 5.74) is 0. The highest BCUT2D eigenvalue weighted by Gasteiger charge is 2.04. The van der Waals surface area contributed by atoms with E-state index in [1.54, 1.807) is 6.07 Å². The van der Waals surface area contributed by atoms with Crippen molar-refractivity contribution >= 4 is 20.8 Å². The maximum absolute atomic E-state index is 10.9. The number of hydrogen-bond acceptors (Lipinski definition) is 3. The number of fused-ring (bicyclic) bond motifs is 1. The zero-order chi connectivity index (χ0) is 11.6. The summed E-state index contributed by atoms with van der Waals surface area (Å²) in [6, 6.07) is 13.0. The van der Waals surface area contributed by atoms with E-state index in [-0.39, 0.29) is 0 Å². The topological polar surface area (TPSA) is 55.4 Å². The largest absolute Gasteiger partial charge is 0.393 e. The van der Waals surface area contributed by atoms with Crippen LogP contribution in [0, 0.1) is 0 Å². The molecule has 0 aliphatic heterocycles. The molecular formula is C11H11NO3S. The average molecular weight is 237 g/mol. The second kappa shape index (κ2) is 4.11. The van der Waals surface area contributed by atoms with Crippen molar-refractivity contribution in [2.75, 3.05) is 6.26 Å². The van der Waals surface area contributed by atoms with Crippen LogP contribution >= 0.6 is 0 Å². The molecule has 0 aromatic heterocycles. The van der Waals surface area contributed by atoms with Crippen molar-refractivity contribution in [3.05, 3.63) is 42.5 Å². The van der Waals surface area contributed by atoms with Crippen molar-refractivity contribution < 1.29 is 13.3 Å². The van der Waals surface area contributed by atoms with Gasteiger partial charge in [-0.1, -0.05) is 36.4 Å². The number of rotatable bonds is 3. The first kappa shape index (κ1) is 10.9. The number of sulfonamides is 1. The van der Waals surface area contributed by atoms with E-state index in [4.69, 9.17) is 4.84 Å². The highest BCUT2D eigenvalue weighted by molar-refractivity contribution is 7.88. The van der Waals surface area contributed by atoms with Crippen LogP contribution in [0.2, 0.25) is 0 Å². The first-order valence-corrected chi connectivity index (χ1v) is 6.57. The summed E-state index contributed by atoms with van der Waals surface area (Å²) < 4.78 is 21.8. The van der Waals surface area contributed by atoms with E-state index in [0.717, 1.165) is 17.0 Å². The van der Waals surface area contributed by atoms with Gasteiger partial charge in [-0.05, 0) is 16.3 Å². The van der Waals surface area contributed by atoms with Crippen molar-refractivity contribution in [3.8, 4) is 5.75 Å². The standard InChI is InChI=1S/C11H11NO3S/c1-16(13,14)12-15-11-8-4-6-9-5-2-3-7-10(9)11/h2-8,12H,1H3. The smallest absolute Gasteiger partial charge is 0.239 e. The van der Waals surface area contributed by atoms with Crippen LogP contribution in [0.5, 0.6) is 5.75 Å². The van der Waals surface area contributed by atoms with Crippen LogP contribution in [0.1, 0.15) is 0 Å². The summed E-state index contributed by atoms with van der Waals surface area (Å²) in [4.78, 5) is 7.05. The molecule has 2 aromatic rings. The van der Waals surface area contributed by atoms with E-state index < -0.39 is 10.0 Å². The Labute approximate surface area is 93.9 Å². The monoisotopic (exact) mass is 237 g/mol. The lowest BCUT2D eigenvalue weighted by Crippen LogP contribution is -2.25. The summed E-state index contributed by atoms with van der Waals surface area (Å²) in [6.07, 6.45) is 1.04. The molecule has 2 rings (SSSR count). The van der Waals surface area contributed by atoms with Crippen molar-refractivity contribution in [1.29, 1.82) is 0 Å². The molecule has 0 saturated carbocycles. The summed E-state index contributed by atoms with van der Waals surface area (Å²) >= 11 is 0. The molecular weight excluding hydrogens is 226 g/mol. The molecule has 0 bridgehead atoms. The van der Waals surface area contributed by atoms with Gasteiger partial charge in [-0.2, -0.15) is 0 Å². The lowest BCUT2D eigenvalue weighted by Gasteiger charge is -2.07. The molecule has 0 amide bonds. The molecule has 0 fully saturated rings. The Bertz CT molecular complexity index is 602. The molecule has 0 radical (unpaired) electrons. The summed E-state index contributed by atoms with van der Waals surface area (Å²) in [6.45, 7) is 0. The lowest BCUT2D eigenvalue weighted by molar-refractivity contribution is 0.273. The van der Waals surface area contributed by atoms with Crippen LogP contribution in [-0.2, 0) is 10.0 Å². The first-order chi connectivity index (χ1) is 7.56. The van der Waals surface area contributed by atoms with Crippen molar-refractivity contribution in [2.45, 2.75) is 0 Å². The van der Waals surface area contributed by atoms with E-state index in [1.807, 2.05) is 41.3 Å². The van der Waals surface area contributed by atoms with Crippen molar-refractivity contribution in [2.24, 2.45) is 0 Å². The first-order valence-electron chi connectivity index (χ1n) is 4.68. The van der Waals surface area contributed by atoms with Crippen LogP contribution < -0.4 is 9.72 Å². The van der Waals surface area contributed by atoms with Gasteiger partial charge in [0.2, 0.25) is 10.0 Å². The Morgan fingerprint density at radius 2 is 1.75 bits per heavy atom. The second-order valence-corrected chi connectivity index (χ2v) is 5.15. The second-order valence-electron chi connectivity index (χ2n) is 3.43. The minimum atomic E-state index is -3.36. The Morgan fingerprint density at radius 1 is 1.06 bits per heavy atom. The number of nitrogens with one attached hydrogen (secondary N) is 1. The van der Waals surface area contributed by atoms with Gasteiger partial charge in [-0.15, -0.1) is 0 Å². The van der Waals surface area contributed by atoms with Gasteiger partial charge in [0.1, 0.15) is 0 Å². The molecule has 5 heteroatoms. The predicted molar refractivity (Wildman–Crippen MR) is 62.6 cm³/mol. The predicted octanol–water partition coefficient (Wildman–Crippen LogP) is 1.68. The molecule has 16 heavy (non-hydrogen) atoms. The molecule has 4 nitrogen and oxygen atoms in total. The molecule has 0 atom stereocenters. The molecule has 0 aliphatic rings. The molecule has 0 heterocycles. The molecule has 0 unspecified atom stereocenters. The van der Waals surface area contributed by atoms with Crippen LogP contribution in [0.4, 0.5) is 0 Å². The molecule has 1 N–H and O–H groups in total. The summed E-state index contributed by atoms with van der Waals surface area (Å²) in [7, 11) is -3.36. The Hall–Kier alpha value is -1.59. The highest BCUT2D eigenvalue weighted by Crippen LogP contribution is 2.24. The minimum Gasteiger partial charge on any atom is -0.393 e. The molecule has 84 valence electrons. The van der Waals surface area contributed by atoms with Gasteiger partial charge in [0.05, 0.1) is 6.26 Å². The van der Waals surface area contributed by atoms with E-state index in [0.29, 0.717) is 5.75 Å². The van der Waals surface area contributed by atoms with E-state index in [9.17, 15) is 8.42 Å². The summed E-state index contributed by atoms with van der Waals surface area (Å²) in [5.74, 6) is 0.489. The van der Waals surface area contributed by atoms with Crippen LogP contribution in [-0.4, -0.2) is 14.7 Å². The molecule has 0 spiro atoms. The van der Waals surface area contributed by atoms with E-state index >= 15 is 0 Å². The fourth-order valence-electron chi connectivity index (χ4n) is 1.41. The third-order valence-corrected chi connectivity index (χ3v) is 2.44. The fraction of sp³-hybridized carbons (Fsp3) is 0.0909. The van der Waals surface area contributed by atoms with E-state index in [1.165, 1.54) is 0 Å². The van der Waals surface area contributed by atoms with E-state index in [2.05, 4.69) is 0 Å². The Morgan fingerprint density at radius 3 is 2.50 bits per heavy atom. The third-order valence-electron chi connectivity index (χ3n) is 2.05. The Kier molecular flexibility index (Phi) is 2.80. The van der Waals surface area contributed by atoms with Gasteiger partial charge in [-0.3, -0.25) is 0 Å². The van der Waals surface area contributed by atoms with Crippen LogP contribution in [0.3, 0.4) is 0 Å². The fourth-order valence-corrected chi connectivity index (χ4v) is 1.65. The van der Waals surface area contributed by atoms with Crippen LogP contribution in [0.15, 0.2) is 42.5 Å². The maximum Gasteiger partial charge on any atom is 0.239 e. The SMILES string of the molecule is CS(=O)(=O)NOc1cccc2ccccc12. The molecule has 0 saturated heterocycles. The Balaban J connectivity index is 2.38. The normalized spacial score (nSPS) is 11.6. The number of hydrogen-bond donors (Lipinski definition) is 1. The quantitative estimate of drug-likeness (QED) is 0.826. The van der Waals surface area contributed by atoms with Gasteiger partial charge in [0, 0.05) is 5.39 Å². The van der Waals surface area contributed by atoms with Gasteiger partial charge >= 0.3 is 0 Å². The molecule has 0 aliphatic carbocycles. The number of benzene rings is 2.